The van der Waals surface area contributed by atoms with E-state index in [1.165, 1.54) is 0 Å². The van der Waals surface area contributed by atoms with E-state index in [-0.39, 0.29) is 0 Å². The van der Waals surface area contributed by atoms with Crippen molar-refractivity contribution in [1.82, 2.24) is 10.3 Å². The fourth-order valence-corrected chi connectivity index (χ4v) is 2.58. The predicted molar refractivity (Wildman–Crippen MR) is 77.8 cm³/mol. The smallest absolute Gasteiger partial charge is 0.145 e. The molecule has 0 unspecified atom stereocenters. The zero-order chi connectivity index (χ0) is 13.1. The van der Waals surface area contributed by atoms with E-state index in [1.54, 1.807) is 7.11 Å². The van der Waals surface area contributed by atoms with Gasteiger partial charge in [0.2, 0.25) is 0 Å². The van der Waals surface area contributed by atoms with Crippen LogP contribution >= 0.6 is 0 Å². The number of piperidine rings is 1. The average Bonchev–Trinajstić information content (AvgIpc) is 2.47. The number of rotatable bonds is 3. The summed E-state index contributed by atoms with van der Waals surface area (Å²) in [6.45, 7) is 2.18. The van der Waals surface area contributed by atoms with Crippen LogP contribution in [-0.2, 0) is 0 Å². The molecule has 1 aromatic heterocycles. The Hall–Kier alpha value is -1.81. The second kappa shape index (κ2) is 5.45. The standard InChI is InChI=1S/C15H19N3O/c1-19-14-4-2-3-11-9-13(10-17-15(11)14)18-12-5-7-16-8-6-12/h2-4,9-10,12,16,18H,5-8H2,1H3. The third-order valence-electron chi connectivity index (χ3n) is 3.60. The molecule has 2 aromatic rings. The van der Waals surface area contributed by atoms with Gasteiger partial charge in [-0.15, -0.1) is 0 Å². The summed E-state index contributed by atoms with van der Waals surface area (Å²) in [5.74, 6) is 0.825. The summed E-state index contributed by atoms with van der Waals surface area (Å²) in [7, 11) is 1.68. The predicted octanol–water partition coefficient (Wildman–Crippen LogP) is 2.41. The van der Waals surface area contributed by atoms with Gasteiger partial charge in [0, 0.05) is 11.4 Å². The number of hydrogen-bond acceptors (Lipinski definition) is 4. The van der Waals surface area contributed by atoms with Crippen LogP contribution in [-0.4, -0.2) is 31.2 Å². The zero-order valence-corrected chi connectivity index (χ0v) is 11.1. The third kappa shape index (κ3) is 2.63. The van der Waals surface area contributed by atoms with Crippen molar-refractivity contribution in [1.29, 1.82) is 0 Å². The number of fused-ring (bicyclic) bond motifs is 1. The fourth-order valence-electron chi connectivity index (χ4n) is 2.58. The average molecular weight is 257 g/mol. The highest BCUT2D eigenvalue weighted by molar-refractivity contribution is 5.86. The molecule has 0 radical (unpaired) electrons. The molecule has 2 heterocycles. The molecular formula is C15H19N3O. The van der Waals surface area contributed by atoms with E-state index in [4.69, 9.17) is 4.74 Å². The summed E-state index contributed by atoms with van der Waals surface area (Å²) >= 11 is 0. The Labute approximate surface area is 113 Å². The van der Waals surface area contributed by atoms with E-state index in [0.29, 0.717) is 6.04 Å². The maximum absolute atomic E-state index is 5.33. The van der Waals surface area contributed by atoms with Crippen molar-refractivity contribution in [3.63, 3.8) is 0 Å². The summed E-state index contributed by atoms with van der Waals surface area (Å²) in [5, 5.41) is 8.05. The highest BCUT2D eigenvalue weighted by Gasteiger charge is 2.13. The maximum atomic E-state index is 5.33. The van der Waals surface area contributed by atoms with Gasteiger partial charge in [-0.1, -0.05) is 12.1 Å². The largest absolute Gasteiger partial charge is 0.494 e. The summed E-state index contributed by atoms with van der Waals surface area (Å²) in [4.78, 5) is 4.51. The Balaban J connectivity index is 1.85. The lowest BCUT2D eigenvalue weighted by atomic mass is 10.1. The molecule has 0 bridgehead atoms. The van der Waals surface area contributed by atoms with Crippen molar-refractivity contribution in [3.05, 3.63) is 30.5 Å². The van der Waals surface area contributed by atoms with Crippen LogP contribution in [0.5, 0.6) is 5.75 Å². The summed E-state index contributed by atoms with van der Waals surface area (Å²) in [6, 6.07) is 8.70. The number of ether oxygens (including phenoxy) is 1. The molecule has 1 saturated heterocycles. The maximum Gasteiger partial charge on any atom is 0.145 e. The van der Waals surface area contributed by atoms with E-state index < -0.39 is 0 Å². The van der Waals surface area contributed by atoms with Crippen LogP contribution in [0.25, 0.3) is 10.9 Å². The number of nitrogens with zero attached hydrogens (tertiary/aromatic N) is 1. The Bertz CT molecular complexity index is 564. The van der Waals surface area contributed by atoms with Gasteiger partial charge in [-0.05, 0) is 38.1 Å². The Kier molecular flexibility index (Phi) is 3.51. The number of anilines is 1. The van der Waals surface area contributed by atoms with Gasteiger partial charge in [-0.3, -0.25) is 4.98 Å². The molecule has 19 heavy (non-hydrogen) atoms. The molecule has 1 fully saturated rings. The van der Waals surface area contributed by atoms with Gasteiger partial charge >= 0.3 is 0 Å². The normalized spacial score (nSPS) is 16.5. The molecule has 0 atom stereocenters. The Morgan fingerprint density at radius 3 is 2.95 bits per heavy atom. The van der Waals surface area contributed by atoms with E-state index in [1.807, 2.05) is 18.3 Å². The number of pyridine rings is 1. The second-order valence-corrected chi connectivity index (χ2v) is 4.92. The van der Waals surface area contributed by atoms with Crippen molar-refractivity contribution in [3.8, 4) is 5.75 Å². The molecule has 2 N–H and O–H groups in total. The van der Waals surface area contributed by atoms with Crippen LogP contribution in [0.4, 0.5) is 5.69 Å². The lowest BCUT2D eigenvalue weighted by Gasteiger charge is -2.24. The van der Waals surface area contributed by atoms with Gasteiger partial charge < -0.3 is 15.4 Å². The number of para-hydroxylation sites is 1. The van der Waals surface area contributed by atoms with Crippen LogP contribution in [0.2, 0.25) is 0 Å². The quantitative estimate of drug-likeness (QED) is 0.886. The molecule has 0 amide bonds. The topological polar surface area (TPSA) is 46.2 Å². The first-order chi connectivity index (χ1) is 9.36. The lowest BCUT2D eigenvalue weighted by Crippen LogP contribution is -2.35. The minimum absolute atomic E-state index is 0.547. The molecule has 4 nitrogen and oxygen atoms in total. The number of aromatic nitrogens is 1. The molecule has 3 rings (SSSR count). The van der Waals surface area contributed by atoms with Crippen molar-refractivity contribution >= 4 is 16.6 Å². The number of hydrogen-bond donors (Lipinski definition) is 2. The summed E-state index contributed by atoms with van der Waals surface area (Å²) in [6.07, 6.45) is 4.22. The molecule has 0 aliphatic carbocycles. The molecule has 1 aliphatic rings. The fraction of sp³-hybridized carbons (Fsp3) is 0.400. The molecular weight excluding hydrogens is 238 g/mol. The molecule has 1 aromatic carbocycles. The zero-order valence-electron chi connectivity index (χ0n) is 11.1. The van der Waals surface area contributed by atoms with Crippen molar-refractivity contribution in [2.24, 2.45) is 0 Å². The van der Waals surface area contributed by atoms with Gasteiger partial charge in [0.05, 0.1) is 19.0 Å². The van der Waals surface area contributed by atoms with E-state index in [9.17, 15) is 0 Å². The van der Waals surface area contributed by atoms with E-state index in [2.05, 4.69) is 27.8 Å². The first-order valence-electron chi connectivity index (χ1n) is 6.77. The molecule has 100 valence electrons. The SMILES string of the molecule is COc1cccc2cc(NC3CCNCC3)cnc12. The number of nitrogens with one attached hydrogen (secondary N) is 2. The van der Waals surface area contributed by atoms with Gasteiger partial charge in [0.15, 0.2) is 0 Å². The molecule has 0 spiro atoms. The minimum Gasteiger partial charge on any atom is -0.494 e. The highest BCUT2D eigenvalue weighted by Crippen LogP contribution is 2.25. The Morgan fingerprint density at radius 2 is 2.16 bits per heavy atom. The highest BCUT2D eigenvalue weighted by atomic mass is 16.5. The van der Waals surface area contributed by atoms with E-state index >= 15 is 0 Å². The van der Waals surface area contributed by atoms with Crippen LogP contribution in [0.3, 0.4) is 0 Å². The molecule has 1 aliphatic heterocycles. The van der Waals surface area contributed by atoms with E-state index in [0.717, 1.165) is 48.3 Å². The third-order valence-corrected chi connectivity index (χ3v) is 3.60. The Morgan fingerprint density at radius 1 is 1.32 bits per heavy atom. The number of benzene rings is 1. The first-order valence-corrected chi connectivity index (χ1v) is 6.77. The summed E-state index contributed by atoms with van der Waals surface area (Å²) in [5.41, 5.74) is 2.01. The monoisotopic (exact) mass is 257 g/mol. The minimum atomic E-state index is 0.547. The van der Waals surface area contributed by atoms with Crippen LogP contribution < -0.4 is 15.4 Å². The second-order valence-electron chi connectivity index (χ2n) is 4.92. The molecule has 4 heteroatoms. The van der Waals surface area contributed by atoms with Crippen LogP contribution in [0.1, 0.15) is 12.8 Å². The van der Waals surface area contributed by atoms with Crippen molar-refractivity contribution in [2.45, 2.75) is 18.9 Å². The lowest BCUT2D eigenvalue weighted by molar-refractivity contribution is 0.419. The van der Waals surface area contributed by atoms with Crippen molar-refractivity contribution in [2.75, 3.05) is 25.5 Å². The van der Waals surface area contributed by atoms with Gasteiger partial charge in [0.1, 0.15) is 11.3 Å². The van der Waals surface area contributed by atoms with Gasteiger partial charge in [0.25, 0.3) is 0 Å². The number of methoxy groups -OCH3 is 1. The molecule has 0 saturated carbocycles. The van der Waals surface area contributed by atoms with Crippen LogP contribution in [0.15, 0.2) is 30.5 Å². The van der Waals surface area contributed by atoms with Crippen molar-refractivity contribution < 1.29 is 4.74 Å². The summed E-state index contributed by atoms with van der Waals surface area (Å²) < 4.78 is 5.33. The van der Waals surface area contributed by atoms with Gasteiger partial charge in [-0.2, -0.15) is 0 Å². The van der Waals surface area contributed by atoms with Gasteiger partial charge in [-0.25, -0.2) is 0 Å². The first kappa shape index (κ1) is 12.2. The van der Waals surface area contributed by atoms with Crippen LogP contribution in [0, 0.1) is 0 Å².